The number of hydrogen-bond donors (Lipinski definition) is 9. The molecule has 34 heavy (non-hydrogen) atoms. The van der Waals surface area contributed by atoms with Crippen LogP contribution in [-0.2, 0) is 27.5 Å². The molecule has 0 aliphatic carbocycles. The number of nitrogen functional groups attached to an aromatic ring is 1. The van der Waals surface area contributed by atoms with E-state index in [4.69, 9.17) is 49.3 Å². The van der Waals surface area contributed by atoms with Crippen molar-refractivity contribution >= 4 is 45.2 Å². The molecule has 200 valence electrons. The minimum absolute atomic E-state index is 0.354. The van der Waals surface area contributed by atoms with Crippen molar-refractivity contribution < 1.29 is 75.6 Å². The van der Waals surface area contributed by atoms with E-state index in [2.05, 4.69) is 30.0 Å². The summed E-state index contributed by atoms with van der Waals surface area (Å²) in [5.74, 6) is -4.37. The third-order valence-corrected chi connectivity index (χ3v) is 5.05. The molecular formula is C10H19BrF2N3O15P3. The number of aromatic nitrogens is 2. The lowest BCUT2D eigenvalue weighted by molar-refractivity contribution is -0.211. The summed E-state index contributed by atoms with van der Waals surface area (Å²) in [7, 11) is -13.0. The number of halogens is 3. The molecule has 1 aromatic heterocycles. The molecule has 0 unspecified atom stereocenters. The Hall–Kier alpha value is -0.730. The van der Waals surface area contributed by atoms with E-state index in [0.717, 1.165) is 7.11 Å². The highest BCUT2D eigenvalue weighted by atomic mass is 79.9. The first-order valence-electron chi connectivity index (χ1n) is 7.83. The van der Waals surface area contributed by atoms with Crippen LogP contribution >= 0.6 is 39.4 Å². The molecule has 24 heteroatoms. The van der Waals surface area contributed by atoms with E-state index in [-0.39, 0.29) is 0 Å². The van der Waals surface area contributed by atoms with E-state index < -0.39 is 70.4 Å². The van der Waals surface area contributed by atoms with E-state index in [1.807, 2.05) is 0 Å². The SMILES string of the molecule is COP(=O)(O)O.Nc1nc(=O)n([C@@H]2O[C@@](CBr)(OP(=O)(O)O)[C@@H](O)[C@@H]2F)cc1F.O=P(O)(O)O. The second kappa shape index (κ2) is 12.5. The van der Waals surface area contributed by atoms with Gasteiger partial charge in [-0.2, -0.15) is 4.98 Å². The molecule has 0 aromatic carbocycles. The number of nitrogens with zero attached hydrogens (tertiary/aromatic N) is 2. The monoisotopic (exact) mass is 631 g/mol. The van der Waals surface area contributed by atoms with Gasteiger partial charge in [-0.3, -0.25) is 9.09 Å². The lowest BCUT2D eigenvalue weighted by Crippen LogP contribution is -2.45. The van der Waals surface area contributed by atoms with Crippen LogP contribution in [0.2, 0.25) is 0 Å². The minimum Gasteiger partial charge on any atom is -0.384 e. The molecule has 0 radical (unpaired) electrons. The van der Waals surface area contributed by atoms with Gasteiger partial charge in [-0.15, -0.1) is 0 Å². The Morgan fingerprint density at radius 2 is 1.65 bits per heavy atom. The second-order valence-corrected chi connectivity index (χ2v) is 9.87. The molecule has 0 bridgehead atoms. The molecule has 0 saturated carbocycles. The summed E-state index contributed by atoms with van der Waals surface area (Å²) in [6.07, 6.45) is -6.01. The van der Waals surface area contributed by atoms with Gasteiger partial charge in [-0.1, -0.05) is 15.9 Å². The third kappa shape index (κ3) is 11.3. The van der Waals surface area contributed by atoms with Crippen LogP contribution in [0.25, 0.3) is 0 Å². The van der Waals surface area contributed by atoms with Gasteiger partial charge in [0.05, 0.1) is 11.5 Å². The normalized spacial score (nSPS) is 25.1. The number of rotatable bonds is 5. The van der Waals surface area contributed by atoms with Crippen molar-refractivity contribution in [3.05, 3.63) is 22.5 Å². The van der Waals surface area contributed by atoms with Crippen molar-refractivity contribution in [2.45, 2.75) is 24.3 Å². The Morgan fingerprint density at radius 3 is 2.00 bits per heavy atom. The summed E-state index contributed by atoms with van der Waals surface area (Å²) in [4.78, 5) is 69.5. The Morgan fingerprint density at radius 1 is 1.21 bits per heavy atom. The molecule has 0 amide bonds. The molecule has 18 nitrogen and oxygen atoms in total. The fourth-order valence-electron chi connectivity index (χ4n) is 2.00. The van der Waals surface area contributed by atoms with Gasteiger partial charge < -0.3 is 49.8 Å². The zero-order valence-corrected chi connectivity index (χ0v) is 20.7. The van der Waals surface area contributed by atoms with Gasteiger partial charge in [0.25, 0.3) is 0 Å². The first-order chi connectivity index (χ1) is 15.1. The quantitative estimate of drug-likeness (QED) is 0.128. The zero-order chi connectivity index (χ0) is 27.3. The van der Waals surface area contributed by atoms with Crippen LogP contribution in [0.3, 0.4) is 0 Å². The number of ether oxygens (including phenoxy) is 1. The highest BCUT2D eigenvalue weighted by molar-refractivity contribution is 9.09. The van der Waals surface area contributed by atoms with E-state index in [9.17, 15) is 27.8 Å². The van der Waals surface area contributed by atoms with Crippen LogP contribution in [0.5, 0.6) is 0 Å². The average molecular weight is 632 g/mol. The van der Waals surface area contributed by atoms with E-state index >= 15 is 0 Å². The van der Waals surface area contributed by atoms with Gasteiger partial charge in [0.2, 0.25) is 5.79 Å². The summed E-state index contributed by atoms with van der Waals surface area (Å²) in [5, 5.41) is 9.31. The Balaban J connectivity index is 0.000000824. The average Bonchev–Trinajstić information content (AvgIpc) is 2.87. The van der Waals surface area contributed by atoms with Crippen LogP contribution in [0.4, 0.5) is 14.6 Å². The number of nitrogens with two attached hydrogens (primary N) is 1. The van der Waals surface area contributed by atoms with Crippen LogP contribution < -0.4 is 11.4 Å². The summed E-state index contributed by atoms with van der Waals surface area (Å²) in [5.41, 5.74) is 3.90. The van der Waals surface area contributed by atoms with Crippen molar-refractivity contribution in [1.29, 1.82) is 0 Å². The number of aliphatic hydroxyl groups excluding tert-OH is 1. The van der Waals surface area contributed by atoms with Crippen LogP contribution in [0, 0.1) is 5.82 Å². The highest BCUT2D eigenvalue weighted by Crippen LogP contribution is 2.50. The molecule has 4 atom stereocenters. The third-order valence-electron chi connectivity index (χ3n) is 3.25. The van der Waals surface area contributed by atoms with Gasteiger partial charge in [0.1, 0.15) is 6.10 Å². The van der Waals surface area contributed by atoms with Gasteiger partial charge in [-0.25, -0.2) is 31.8 Å². The Labute approximate surface area is 195 Å². The summed E-state index contributed by atoms with van der Waals surface area (Å²) < 4.78 is 70.3. The van der Waals surface area contributed by atoms with Crippen molar-refractivity contribution in [2.75, 3.05) is 18.2 Å². The fourth-order valence-corrected chi connectivity index (χ4v) is 3.37. The van der Waals surface area contributed by atoms with Crippen molar-refractivity contribution in [2.24, 2.45) is 0 Å². The Kier molecular flexibility index (Phi) is 12.2. The van der Waals surface area contributed by atoms with Crippen molar-refractivity contribution in [3.63, 3.8) is 0 Å². The van der Waals surface area contributed by atoms with Crippen molar-refractivity contribution in [3.8, 4) is 0 Å². The predicted octanol–water partition coefficient (Wildman–Crippen LogP) is -1.81. The highest BCUT2D eigenvalue weighted by Gasteiger charge is 2.59. The number of aliphatic hydroxyl groups is 1. The van der Waals surface area contributed by atoms with Crippen LogP contribution in [0.15, 0.2) is 11.0 Å². The summed E-state index contributed by atoms with van der Waals surface area (Å²) >= 11 is 2.78. The molecule has 1 aliphatic rings. The standard InChI is InChI=1S/C9H11BrF2N3O7P.CH5O4P.H3O4P/c10-2-9(22-23(18,19)20)5(16)4(12)7(21-9)15-1-3(11)6(13)14-8(15)17;1-5-6(2,3)4;1-5(2,3)4/h1,4-5,7,16H,2H2,(H2,13,14,17)(H2,18,19,20);1H3,(H2,2,3,4);(H3,1,2,3,4)/t4-,5-,7+,9-;;/m0../s1. The molecule has 2 heterocycles. The number of alkyl halides is 2. The van der Waals surface area contributed by atoms with Crippen molar-refractivity contribution in [1.82, 2.24) is 9.55 Å². The minimum atomic E-state index is -5.19. The molecular weight excluding hydrogens is 613 g/mol. The maximum Gasteiger partial charge on any atom is 0.472 e. The second-order valence-electron chi connectivity index (χ2n) is 5.78. The predicted molar refractivity (Wildman–Crippen MR) is 107 cm³/mol. The number of phosphoric ester groups is 2. The van der Waals surface area contributed by atoms with Gasteiger partial charge in [0, 0.05) is 7.11 Å². The molecule has 1 saturated heterocycles. The maximum absolute atomic E-state index is 14.3. The van der Waals surface area contributed by atoms with Crippen LogP contribution in [0.1, 0.15) is 6.23 Å². The van der Waals surface area contributed by atoms with E-state index in [1.165, 1.54) is 0 Å². The smallest absolute Gasteiger partial charge is 0.384 e. The van der Waals surface area contributed by atoms with Gasteiger partial charge in [-0.05, 0) is 0 Å². The first-order valence-corrected chi connectivity index (χ1v) is 13.6. The van der Waals surface area contributed by atoms with E-state index in [0.29, 0.717) is 10.8 Å². The molecule has 10 N–H and O–H groups in total. The summed E-state index contributed by atoms with van der Waals surface area (Å²) in [6, 6.07) is 0. The first kappa shape index (κ1) is 33.3. The molecule has 1 fully saturated rings. The summed E-state index contributed by atoms with van der Waals surface area (Å²) in [6.45, 7) is 0. The molecule has 1 aromatic rings. The fraction of sp³-hybridized carbons (Fsp3) is 0.600. The topological polar surface area (TPSA) is 302 Å². The number of phosphoric acid groups is 3. The lowest BCUT2D eigenvalue weighted by atomic mass is 10.1. The van der Waals surface area contributed by atoms with Gasteiger partial charge in [0.15, 0.2) is 24.0 Å². The maximum atomic E-state index is 14.3. The van der Waals surface area contributed by atoms with Gasteiger partial charge >= 0.3 is 29.2 Å². The largest absolute Gasteiger partial charge is 0.472 e. The zero-order valence-electron chi connectivity index (χ0n) is 16.4. The lowest BCUT2D eigenvalue weighted by Gasteiger charge is -2.29. The van der Waals surface area contributed by atoms with E-state index in [1.54, 1.807) is 0 Å². The number of anilines is 1. The Bertz CT molecular complexity index is 1020. The number of hydrogen-bond acceptors (Lipinski definition) is 10. The van der Waals surface area contributed by atoms with Crippen LogP contribution in [-0.4, -0.2) is 79.4 Å². The molecule has 0 spiro atoms. The molecule has 2 rings (SSSR count). The molecule has 1 aliphatic heterocycles.